The van der Waals surface area contributed by atoms with Crippen LogP contribution in [0, 0.1) is 25.2 Å². The highest BCUT2D eigenvalue weighted by Gasteiger charge is 2.09. The average molecular weight is 243 g/mol. The van der Waals surface area contributed by atoms with Gasteiger partial charge in [-0.05, 0) is 36.5 Å². The van der Waals surface area contributed by atoms with E-state index in [1.165, 1.54) is 22.7 Å². The van der Waals surface area contributed by atoms with Crippen LogP contribution in [0.1, 0.15) is 22.4 Å². The number of anilines is 1. The number of hydrogen-bond acceptors (Lipinski definition) is 4. The van der Waals surface area contributed by atoms with Crippen molar-refractivity contribution >= 4 is 16.5 Å². The Hall–Kier alpha value is -1.86. The molecule has 0 spiro atoms. The van der Waals surface area contributed by atoms with Crippen molar-refractivity contribution in [3.63, 3.8) is 0 Å². The smallest absolute Gasteiger partial charge is 0.127 e. The Kier molecular flexibility index (Phi) is 3.40. The largest absolute Gasteiger partial charge is 0.370 e. The molecule has 0 bridgehead atoms. The highest BCUT2D eigenvalue weighted by Crippen LogP contribution is 2.24. The predicted molar refractivity (Wildman–Crippen MR) is 70.1 cm³/mol. The second-order valence-corrected chi connectivity index (χ2v) is 4.64. The number of nitrogens with one attached hydrogen (secondary N) is 1. The summed E-state index contributed by atoms with van der Waals surface area (Å²) in [5.74, 6) is 0. The van der Waals surface area contributed by atoms with Crippen LogP contribution in [0.2, 0.25) is 0 Å². The molecule has 0 aliphatic rings. The van der Waals surface area contributed by atoms with Crippen molar-refractivity contribution in [2.45, 2.75) is 20.4 Å². The minimum absolute atomic E-state index is 0.656. The highest BCUT2D eigenvalue weighted by atomic mass is 32.1. The van der Waals surface area contributed by atoms with Crippen LogP contribution < -0.4 is 5.32 Å². The average Bonchev–Trinajstić information content (AvgIpc) is 2.69. The molecule has 3 nitrogen and oxygen atoms in total. The van der Waals surface area contributed by atoms with Crippen molar-refractivity contribution in [2.75, 3.05) is 5.32 Å². The van der Waals surface area contributed by atoms with Crippen molar-refractivity contribution in [1.29, 1.82) is 5.26 Å². The Bertz CT molecular complexity index is 566. The number of aryl methyl sites for hydroxylation is 2. The van der Waals surface area contributed by atoms with Crippen LogP contribution >= 0.6 is 11.5 Å². The molecular weight excluding hydrogens is 230 g/mol. The summed E-state index contributed by atoms with van der Waals surface area (Å²) >= 11 is 1.34. The zero-order valence-corrected chi connectivity index (χ0v) is 10.6. The SMILES string of the molecule is Cc1ccccc1CNc1snc(C)c1C#N. The van der Waals surface area contributed by atoms with Crippen molar-refractivity contribution in [1.82, 2.24) is 4.37 Å². The zero-order valence-electron chi connectivity index (χ0n) is 9.82. The van der Waals surface area contributed by atoms with Crippen LogP contribution in [0.25, 0.3) is 0 Å². The summed E-state index contributed by atoms with van der Waals surface area (Å²) < 4.78 is 4.18. The Morgan fingerprint density at radius 3 is 2.82 bits per heavy atom. The topological polar surface area (TPSA) is 48.7 Å². The molecule has 0 saturated heterocycles. The van der Waals surface area contributed by atoms with Crippen LogP contribution in [0.5, 0.6) is 0 Å². The highest BCUT2D eigenvalue weighted by molar-refractivity contribution is 7.10. The summed E-state index contributed by atoms with van der Waals surface area (Å²) in [6, 6.07) is 10.4. The summed E-state index contributed by atoms with van der Waals surface area (Å²) in [5, 5.41) is 13.1. The lowest BCUT2D eigenvalue weighted by Gasteiger charge is -2.06. The van der Waals surface area contributed by atoms with Gasteiger partial charge in [0, 0.05) is 6.54 Å². The van der Waals surface area contributed by atoms with Crippen molar-refractivity contribution in [2.24, 2.45) is 0 Å². The minimum atomic E-state index is 0.656. The van der Waals surface area contributed by atoms with Gasteiger partial charge in [-0.2, -0.15) is 9.64 Å². The molecule has 4 heteroatoms. The molecule has 1 aromatic carbocycles. The van der Waals surface area contributed by atoms with Crippen LogP contribution in [0.15, 0.2) is 24.3 Å². The van der Waals surface area contributed by atoms with Gasteiger partial charge < -0.3 is 5.32 Å². The first-order valence-electron chi connectivity index (χ1n) is 5.37. The van der Waals surface area contributed by atoms with Gasteiger partial charge in [-0.15, -0.1) is 0 Å². The fraction of sp³-hybridized carbons (Fsp3) is 0.231. The Balaban J connectivity index is 2.13. The number of rotatable bonds is 3. The quantitative estimate of drug-likeness (QED) is 0.900. The molecular formula is C13H13N3S. The Labute approximate surface area is 105 Å². The molecule has 0 unspecified atom stereocenters. The Morgan fingerprint density at radius 2 is 2.12 bits per heavy atom. The van der Waals surface area contributed by atoms with E-state index in [-0.39, 0.29) is 0 Å². The second kappa shape index (κ2) is 4.98. The first-order valence-corrected chi connectivity index (χ1v) is 6.14. The van der Waals surface area contributed by atoms with Crippen LogP contribution in [-0.4, -0.2) is 4.37 Å². The van der Waals surface area contributed by atoms with Gasteiger partial charge in [0.25, 0.3) is 0 Å². The van der Waals surface area contributed by atoms with Crippen molar-refractivity contribution < 1.29 is 0 Å². The monoisotopic (exact) mass is 243 g/mol. The molecule has 1 aromatic heterocycles. The summed E-state index contributed by atoms with van der Waals surface area (Å²) in [4.78, 5) is 0. The molecule has 0 saturated carbocycles. The zero-order chi connectivity index (χ0) is 12.3. The number of aromatic nitrogens is 1. The number of hydrogen-bond donors (Lipinski definition) is 1. The van der Waals surface area contributed by atoms with Crippen LogP contribution in [-0.2, 0) is 6.54 Å². The molecule has 0 amide bonds. The van der Waals surface area contributed by atoms with Gasteiger partial charge >= 0.3 is 0 Å². The maximum atomic E-state index is 9.02. The fourth-order valence-corrected chi connectivity index (χ4v) is 2.35. The van der Waals surface area contributed by atoms with Gasteiger partial charge in [0.05, 0.1) is 5.69 Å². The minimum Gasteiger partial charge on any atom is -0.370 e. The molecule has 0 atom stereocenters. The van der Waals surface area contributed by atoms with E-state index in [1.54, 1.807) is 0 Å². The molecule has 2 aromatic rings. The van der Waals surface area contributed by atoms with E-state index in [0.717, 1.165) is 17.2 Å². The third kappa shape index (κ3) is 2.45. The van der Waals surface area contributed by atoms with E-state index in [1.807, 2.05) is 19.1 Å². The molecule has 17 heavy (non-hydrogen) atoms. The predicted octanol–water partition coefficient (Wildman–Crippen LogP) is 3.24. The lowest BCUT2D eigenvalue weighted by atomic mass is 10.1. The van der Waals surface area contributed by atoms with E-state index in [4.69, 9.17) is 5.26 Å². The standard InChI is InChI=1S/C13H13N3S/c1-9-5-3-4-6-11(9)8-15-13-12(7-14)10(2)16-17-13/h3-6,15H,8H2,1-2H3. The number of nitrogens with zero attached hydrogens (tertiary/aromatic N) is 2. The molecule has 2 rings (SSSR count). The van der Waals surface area contributed by atoms with Gasteiger partial charge in [0.15, 0.2) is 0 Å². The molecule has 0 aliphatic heterocycles. The first kappa shape index (κ1) is 11.6. The van der Waals surface area contributed by atoms with Gasteiger partial charge in [-0.25, -0.2) is 0 Å². The normalized spacial score (nSPS) is 9.94. The van der Waals surface area contributed by atoms with Crippen LogP contribution in [0.4, 0.5) is 5.00 Å². The van der Waals surface area contributed by atoms with E-state index < -0.39 is 0 Å². The number of benzene rings is 1. The lowest BCUT2D eigenvalue weighted by molar-refractivity contribution is 1.12. The fourth-order valence-electron chi connectivity index (χ4n) is 1.61. The van der Waals surface area contributed by atoms with E-state index in [0.29, 0.717) is 5.56 Å². The van der Waals surface area contributed by atoms with E-state index in [2.05, 4.69) is 34.8 Å². The molecule has 1 heterocycles. The number of nitriles is 1. The van der Waals surface area contributed by atoms with Crippen LogP contribution in [0.3, 0.4) is 0 Å². The van der Waals surface area contributed by atoms with E-state index in [9.17, 15) is 0 Å². The maximum Gasteiger partial charge on any atom is 0.127 e. The van der Waals surface area contributed by atoms with Gasteiger partial charge in [-0.3, -0.25) is 0 Å². The summed E-state index contributed by atoms with van der Waals surface area (Å²) in [7, 11) is 0. The molecule has 86 valence electrons. The summed E-state index contributed by atoms with van der Waals surface area (Å²) in [5.41, 5.74) is 3.94. The summed E-state index contributed by atoms with van der Waals surface area (Å²) in [6.07, 6.45) is 0. The van der Waals surface area contributed by atoms with Crippen molar-refractivity contribution in [3.8, 4) is 6.07 Å². The summed E-state index contributed by atoms with van der Waals surface area (Å²) in [6.45, 7) is 4.66. The lowest BCUT2D eigenvalue weighted by Crippen LogP contribution is -2.00. The first-order chi connectivity index (χ1) is 8.22. The third-order valence-electron chi connectivity index (χ3n) is 2.68. The second-order valence-electron chi connectivity index (χ2n) is 3.86. The van der Waals surface area contributed by atoms with Gasteiger partial charge in [0.1, 0.15) is 16.6 Å². The molecule has 0 radical (unpaired) electrons. The van der Waals surface area contributed by atoms with Gasteiger partial charge in [-0.1, -0.05) is 24.3 Å². The molecule has 0 aliphatic carbocycles. The van der Waals surface area contributed by atoms with Gasteiger partial charge in [0.2, 0.25) is 0 Å². The molecule has 1 N–H and O–H groups in total. The Morgan fingerprint density at radius 1 is 1.35 bits per heavy atom. The van der Waals surface area contributed by atoms with E-state index >= 15 is 0 Å². The molecule has 0 fully saturated rings. The van der Waals surface area contributed by atoms with Crippen molar-refractivity contribution in [3.05, 3.63) is 46.6 Å². The maximum absolute atomic E-state index is 9.02. The third-order valence-corrected chi connectivity index (χ3v) is 3.57.